The minimum absolute atomic E-state index is 0.123. The molecule has 0 unspecified atom stereocenters. The topological polar surface area (TPSA) is 40.5 Å². The molecule has 5 aliphatic rings. The molecule has 0 amide bonds. The first-order valence-corrected chi connectivity index (χ1v) is 13.8. The highest BCUT2D eigenvalue weighted by Gasteiger charge is 2.71. The van der Waals surface area contributed by atoms with Gasteiger partial charge in [0.25, 0.3) is 0 Å². The second kappa shape index (κ2) is 6.87. The van der Waals surface area contributed by atoms with Gasteiger partial charge in [0, 0.05) is 0 Å². The van der Waals surface area contributed by atoms with E-state index in [-0.39, 0.29) is 34.4 Å². The molecule has 2 N–H and O–H groups in total. The zero-order valence-corrected chi connectivity index (χ0v) is 22.2. The molecule has 0 spiro atoms. The normalized spacial score (nSPS) is 59.2. The van der Waals surface area contributed by atoms with Crippen LogP contribution in [0, 0.1) is 56.7 Å². The third-order valence-corrected chi connectivity index (χ3v) is 13.4. The lowest BCUT2D eigenvalue weighted by molar-refractivity contribution is -0.277. The van der Waals surface area contributed by atoms with Crippen LogP contribution < -0.4 is 0 Å². The molecule has 0 radical (unpaired) electrons. The van der Waals surface area contributed by atoms with Crippen molar-refractivity contribution >= 4 is 0 Å². The van der Waals surface area contributed by atoms with Crippen molar-refractivity contribution in [3.63, 3.8) is 0 Å². The smallest absolute Gasteiger partial charge is 0.0595 e. The third kappa shape index (κ3) is 2.66. The van der Waals surface area contributed by atoms with Gasteiger partial charge >= 0.3 is 0 Å². The van der Waals surface area contributed by atoms with Crippen molar-refractivity contribution in [3.05, 3.63) is 11.6 Å². The summed E-state index contributed by atoms with van der Waals surface area (Å²) >= 11 is 0. The summed E-state index contributed by atoms with van der Waals surface area (Å²) in [5.74, 6) is 3.06. The summed E-state index contributed by atoms with van der Waals surface area (Å²) in [5, 5.41) is 22.7. The predicted molar refractivity (Wildman–Crippen MR) is 132 cm³/mol. The molecule has 4 saturated carbocycles. The second-order valence-corrected chi connectivity index (χ2v) is 14.8. The van der Waals surface area contributed by atoms with E-state index in [0.717, 1.165) is 31.1 Å². The number of aliphatic hydroxyl groups excluding tert-OH is 2. The van der Waals surface area contributed by atoms with Crippen LogP contribution in [0.25, 0.3) is 0 Å². The fourth-order valence-corrected chi connectivity index (χ4v) is 11.4. The molecule has 11 atom stereocenters. The SMILES string of the molecule is CC1=CC[C@]2(C)CC[C@]3(C)[C@H](CC[C@@H]4[C@@]5(C)CC[C@H](O)C(C)(C)[C@H]5[C@H](O)C[C@]43C)[C@@H]2[C@@H]1C. The van der Waals surface area contributed by atoms with E-state index >= 15 is 0 Å². The zero-order valence-electron chi connectivity index (χ0n) is 22.2. The fourth-order valence-electron chi connectivity index (χ4n) is 11.4. The monoisotopic (exact) mass is 442 g/mol. The molecule has 5 rings (SSSR count). The standard InChI is InChI=1S/C30H50O2/c1-18-11-13-27(5)15-16-29(7)20(24(27)19(18)2)9-10-22-28(6)14-12-23(32)26(3,4)25(28)21(31)17-30(22,29)8/h11,19-25,31-32H,9-10,12-17H2,1-8H3/t19-,20-,21-,22-,23+,24+,25-,27-,28-,29-,30-/m1/s1. The van der Waals surface area contributed by atoms with Gasteiger partial charge in [-0.3, -0.25) is 0 Å². The number of aliphatic hydroxyl groups is 2. The van der Waals surface area contributed by atoms with E-state index in [1.165, 1.54) is 32.1 Å². The average Bonchev–Trinajstić information content (AvgIpc) is 2.69. The van der Waals surface area contributed by atoms with Gasteiger partial charge in [-0.05, 0) is 115 Å². The van der Waals surface area contributed by atoms with Gasteiger partial charge in [-0.25, -0.2) is 0 Å². The van der Waals surface area contributed by atoms with Crippen LogP contribution in [0.1, 0.15) is 107 Å². The fraction of sp³-hybridized carbons (Fsp3) is 0.933. The maximum atomic E-state index is 11.8. The molecule has 0 aliphatic heterocycles. The summed E-state index contributed by atoms with van der Waals surface area (Å²) in [6, 6.07) is 0. The Bertz CT molecular complexity index is 814. The maximum Gasteiger partial charge on any atom is 0.0595 e. The van der Waals surface area contributed by atoms with E-state index in [1.54, 1.807) is 5.57 Å². The van der Waals surface area contributed by atoms with Crippen molar-refractivity contribution in [2.75, 3.05) is 0 Å². The van der Waals surface area contributed by atoms with Crippen LogP contribution >= 0.6 is 0 Å². The Kier molecular flexibility index (Phi) is 5.02. The van der Waals surface area contributed by atoms with Crippen molar-refractivity contribution < 1.29 is 10.2 Å². The number of allylic oxidation sites excluding steroid dienone is 2. The lowest BCUT2D eigenvalue weighted by Gasteiger charge is -2.74. The highest BCUT2D eigenvalue weighted by molar-refractivity contribution is 5.23. The van der Waals surface area contributed by atoms with E-state index in [4.69, 9.17) is 0 Å². The minimum Gasteiger partial charge on any atom is -0.393 e. The number of hydrogen-bond acceptors (Lipinski definition) is 2. The van der Waals surface area contributed by atoms with Gasteiger partial charge in [0.1, 0.15) is 0 Å². The molecule has 2 nitrogen and oxygen atoms in total. The van der Waals surface area contributed by atoms with Crippen LogP contribution in [0.4, 0.5) is 0 Å². The number of rotatable bonds is 0. The lowest BCUT2D eigenvalue weighted by Crippen LogP contribution is -2.70. The Morgan fingerprint density at radius 1 is 0.875 bits per heavy atom. The third-order valence-electron chi connectivity index (χ3n) is 13.4. The highest BCUT2D eigenvalue weighted by Crippen LogP contribution is 2.76. The number of hydrogen-bond donors (Lipinski definition) is 2. The van der Waals surface area contributed by atoms with Crippen molar-refractivity contribution in [2.45, 2.75) is 119 Å². The Labute approximate surface area is 197 Å². The summed E-state index contributed by atoms with van der Waals surface area (Å²) < 4.78 is 0. The first kappa shape index (κ1) is 23.4. The molecule has 0 aromatic carbocycles. The van der Waals surface area contributed by atoms with Gasteiger partial charge in [0.15, 0.2) is 0 Å². The van der Waals surface area contributed by atoms with Crippen molar-refractivity contribution in [1.29, 1.82) is 0 Å². The quantitative estimate of drug-likeness (QED) is 0.397. The molecule has 0 heterocycles. The van der Waals surface area contributed by atoms with E-state index in [2.05, 4.69) is 61.5 Å². The van der Waals surface area contributed by atoms with Gasteiger partial charge in [0.2, 0.25) is 0 Å². The van der Waals surface area contributed by atoms with E-state index < -0.39 is 0 Å². The van der Waals surface area contributed by atoms with Crippen molar-refractivity contribution in [1.82, 2.24) is 0 Å². The van der Waals surface area contributed by atoms with Gasteiger partial charge in [-0.15, -0.1) is 0 Å². The molecule has 0 aromatic rings. The molecule has 0 saturated heterocycles. The maximum absolute atomic E-state index is 11.8. The molecule has 4 fully saturated rings. The summed E-state index contributed by atoms with van der Waals surface area (Å²) in [4.78, 5) is 0. The van der Waals surface area contributed by atoms with Crippen LogP contribution in [-0.2, 0) is 0 Å². The summed E-state index contributed by atoms with van der Waals surface area (Å²) in [6.45, 7) is 19.6. The minimum atomic E-state index is -0.305. The molecule has 2 heteroatoms. The van der Waals surface area contributed by atoms with Crippen LogP contribution in [0.5, 0.6) is 0 Å². The van der Waals surface area contributed by atoms with Crippen LogP contribution in [-0.4, -0.2) is 22.4 Å². The Morgan fingerprint density at radius 3 is 2.25 bits per heavy atom. The predicted octanol–water partition coefficient (Wildman–Crippen LogP) is 7.00. The average molecular weight is 443 g/mol. The van der Waals surface area contributed by atoms with E-state index in [1.807, 2.05) is 0 Å². The van der Waals surface area contributed by atoms with Gasteiger partial charge in [-0.1, -0.05) is 60.1 Å². The van der Waals surface area contributed by atoms with Crippen LogP contribution in [0.3, 0.4) is 0 Å². The summed E-state index contributed by atoms with van der Waals surface area (Å²) in [5.41, 5.74) is 2.44. The molecule has 0 bridgehead atoms. The van der Waals surface area contributed by atoms with Gasteiger partial charge < -0.3 is 10.2 Å². The molecule has 5 aliphatic carbocycles. The van der Waals surface area contributed by atoms with Gasteiger partial charge in [-0.2, -0.15) is 0 Å². The van der Waals surface area contributed by atoms with Gasteiger partial charge in [0.05, 0.1) is 12.2 Å². The Hall–Kier alpha value is -0.340. The Balaban J connectivity index is 1.58. The zero-order chi connectivity index (χ0) is 23.5. The highest BCUT2D eigenvalue weighted by atomic mass is 16.3. The van der Waals surface area contributed by atoms with Crippen molar-refractivity contribution in [2.24, 2.45) is 56.7 Å². The molecular weight excluding hydrogens is 392 g/mol. The molecule has 32 heavy (non-hydrogen) atoms. The first-order chi connectivity index (χ1) is 14.7. The molecule has 0 aromatic heterocycles. The van der Waals surface area contributed by atoms with Crippen LogP contribution in [0.15, 0.2) is 11.6 Å². The Morgan fingerprint density at radius 2 is 1.56 bits per heavy atom. The largest absolute Gasteiger partial charge is 0.393 e. The summed E-state index contributed by atoms with van der Waals surface area (Å²) in [7, 11) is 0. The first-order valence-electron chi connectivity index (χ1n) is 13.8. The summed E-state index contributed by atoms with van der Waals surface area (Å²) in [6.07, 6.45) is 11.4. The molecule has 182 valence electrons. The lowest BCUT2D eigenvalue weighted by atomic mass is 9.31. The van der Waals surface area contributed by atoms with Crippen molar-refractivity contribution in [3.8, 4) is 0 Å². The van der Waals surface area contributed by atoms with E-state index in [9.17, 15) is 10.2 Å². The second-order valence-electron chi connectivity index (χ2n) is 14.8. The number of fused-ring (bicyclic) bond motifs is 7. The van der Waals surface area contributed by atoms with E-state index in [0.29, 0.717) is 22.7 Å². The molecular formula is C30H50O2. The van der Waals surface area contributed by atoms with Crippen LogP contribution in [0.2, 0.25) is 0 Å².